The van der Waals surface area contributed by atoms with Crippen molar-refractivity contribution in [3.8, 4) is 0 Å². The predicted octanol–water partition coefficient (Wildman–Crippen LogP) is 4.97. The Kier molecular flexibility index (Phi) is 2.87. The van der Waals surface area contributed by atoms with Gasteiger partial charge in [0.15, 0.2) is 0 Å². The van der Waals surface area contributed by atoms with Crippen LogP contribution in [0.2, 0.25) is 0 Å². The second-order valence-corrected chi connectivity index (χ2v) is 8.07. The lowest BCUT2D eigenvalue weighted by atomic mass is 9.48. The molecule has 0 atom stereocenters. The van der Waals surface area contributed by atoms with Gasteiger partial charge in [0.2, 0.25) is 0 Å². The summed E-state index contributed by atoms with van der Waals surface area (Å²) in [7, 11) is 0. The Labute approximate surface area is 123 Å². The van der Waals surface area contributed by atoms with Gasteiger partial charge in [0.05, 0.1) is 0 Å². The molecule has 1 N–H and O–H groups in total. The molecule has 0 heterocycles. The zero-order valence-electron chi connectivity index (χ0n) is 12.9. The second-order valence-electron chi connectivity index (χ2n) is 8.07. The zero-order chi connectivity index (χ0) is 13.7. The van der Waals surface area contributed by atoms with Gasteiger partial charge in [-0.05, 0) is 93.2 Å². The number of rotatable bonds is 3. The molecule has 0 amide bonds. The van der Waals surface area contributed by atoms with Gasteiger partial charge >= 0.3 is 0 Å². The summed E-state index contributed by atoms with van der Waals surface area (Å²) >= 11 is 0. The van der Waals surface area contributed by atoms with Crippen molar-refractivity contribution in [2.24, 2.45) is 17.8 Å². The van der Waals surface area contributed by atoms with Crippen molar-refractivity contribution in [1.29, 1.82) is 0 Å². The monoisotopic (exact) mass is 269 g/mol. The minimum Gasteiger partial charge on any atom is -0.383 e. The molecule has 1 aromatic carbocycles. The van der Waals surface area contributed by atoms with E-state index in [0.29, 0.717) is 11.5 Å². The summed E-state index contributed by atoms with van der Waals surface area (Å²) in [5, 5.41) is 3.51. The normalized spacial score (nSPS) is 38.5. The highest BCUT2D eigenvalue weighted by Gasteiger charge is 2.51. The van der Waals surface area contributed by atoms with Crippen LogP contribution >= 0.6 is 0 Å². The quantitative estimate of drug-likeness (QED) is 0.816. The van der Waals surface area contributed by atoms with Crippen LogP contribution in [0.15, 0.2) is 24.3 Å². The van der Waals surface area contributed by atoms with Gasteiger partial charge in [-0.2, -0.15) is 0 Å². The maximum Gasteiger partial charge on any atom is 0.0342 e. The summed E-state index contributed by atoms with van der Waals surface area (Å²) in [5.41, 5.74) is 3.45. The maximum atomic E-state index is 3.51. The number of hydrogen-bond acceptors (Lipinski definition) is 1. The van der Waals surface area contributed by atoms with Crippen molar-refractivity contribution in [2.45, 2.75) is 63.8 Å². The summed E-state index contributed by atoms with van der Waals surface area (Å²) in [6.45, 7) is 4.40. The van der Waals surface area contributed by atoms with Gasteiger partial charge in [0.25, 0.3) is 0 Å². The highest BCUT2D eigenvalue weighted by Crippen LogP contribution is 2.60. The van der Waals surface area contributed by atoms with Gasteiger partial charge in [-0.25, -0.2) is 0 Å². The summed E-state index contributed by atoms with van der Waals surface area (Å²) < 4.78 is 0. The third-order valence-electron chi connectivity index (χ3n) is 5.99. The largest absolute Gasteiger partial charge is 0.383 e. The van der Waals surface area contributed by atoms with Crippen molar-refractivity contribution in [3.63, 3.8) is 0 Å². The lowest BCUT2D eigenvalue weighted by Crippen LogP contribution is -2.48. The first-order valence-corrected chi connectivity index (χ1v) is 8.50. The molecule has 4 saturated carbocycles. The fourth-order valence-corrected chi connectivity index (χ4v) is 5.72. The van der Waals surface area contributed by atoms with Crippen LogP contribution in [0.4, 0.5) is 5.69 Å². The van der Waals surface area contributed by atoms with E-state index < -0.39 is 0 Å². The molecule has 4 fully saturated rings. The third-order valence-corrected chi connectivity index (χ3v) is 5.99. The van der Waals surface area contributed by atoms with Crippen LogP contribution in [0.3, 0.4) is 0 Å². The Morgan fingerprint density at radius 2 is 1.40 bits per heavy atom. The van der Waals surface area contributed by atoms with E-state index in [1.54, 1.807) is 5.56 Å². The topological polar surface area (TPSA) is 12.0 Å². The smallest absolute Gasteiger partial charge is 0.0342 e. The average Bonchev–Trinajstić information content (AvgIpc) is 2.37. The van der Waals surface area contributed by atoms with E-state index in [-0.39, 0.29) is 0 Å². The fourth-order valence-electron chi connectivity index (χ4n) is 5.72. The standard InChI is InChI=1S/C19H27N/c1-13(2)20-18-5-3-17(4-6-18)19-10-14-7-15(11-19)9-16(8-14)12-19/h3-6,13-16,20H,7-12H2,1-2H3. The molecule has 4 aliphatic rings. The molecule has 4 bridgehead atoms. The SMILES string of the molecule is CC(C)Nc1ccc(C23CC4CC(CC(C4)C2)C3)cc1. The molecule has 20 heavy (non-hydrogen) atoms. The summed E-state index contributed by atoms with van der Waals surface area (Å²) in [4.78, 5) is 0. The van der Waals surface area contributed by atoms with Gasteiger partial charge in [0.1, 0.15) is 0 Å². The fraction of sp³-hybridized carbons (Fsp3) is 0.684. The van der Waals surface area contributed by atoms with Crippen molar-refractivity contribution >= 4 is 5.69 Å². The summed E-state index contributed by atoms with van der Waals surface area (Å²) in [6, 6.07) is 9.94. The van der Waals surface area contributed by atoms with Gasteiger partial charge in [0, 0.05) is 11.7 Å². The molecule has 1 aromatic rings. The molecule has 0 radical (unpaired) electrons. The highest BCUT2D eigenvalue weighted by atomic mass is 14.9. The highest BCUT2D eigenvalue weighted by molar-refractivity contribution is 5.47. The van der Waals surface area contributed by atoms with Crippen LogP contribution in [0.25, 0.3) is 0 Å². The molecule has 1 heteroatoms. The zero-order valence-corrected chi connectivity index (χ0v) is 12.9. The maximum absolute atomic E-state index is 3.51. The Balaban J connectivity index is 1.60. The third kappa shape index (κ3) is 2.06. The molecule has 4 aliphatic carbocycles. The van der Waals surface area contributed by atoms with E-state index in [2.05, 4.69) is 43.4 Å². The molecule has 0 aliphatic heterocycles. The number of hydrogen-bond donors (Lipinski definition) is 1. The van der Waals surface area contributed by atoms with Crippen LogP contribution in [0.5, 0.6) is 0 Å². The lowest BCUT2D eigenvalue weighted by molar-refractivity contribution is -0.00518. The molecule has 0 spiro atoms. The van der Waals surface area contributed by atoms with Gasteiger partial charge in [-0.15, -0.1) is 0 Å². The average molecular weight is 269 g/mol. The molecule has 108 valence electrons. The number of anilines is 1. The van der Waals surface area contributed by atoms with E-state index >= 15 is 0 Å². The van der Waals surface area contributed by atoms with Crippen LogP contribution in [-0.4, -0.2) is 6.04 Å². The van der Waals surface area contributed by atoms with Crippen LogP contribution < -0.4 is 5.32 Å². The molecule has 0 unspecified atom stereocenters. The van der Waals surface area contributed by atoms with Crippen LogP contribution in [0, 0.1) is 17.8 Å². The van der Waals surface area contributed by atoms with E-state index in [9.17, 15) is 0 Å². The molecule has 5 rings (SSSR count). The Morgan fingerprint density at radius 3 is 1.85 bits per heavy atom. The first-order valence-electron chi connectivity index (χ1n) is 8.50. The van der Waals surface area contributed by atoms with Crippen molar-refractivity contribution in [3.05, 3.63) is 29.8 Å². The van der Waals surface area contributed by atoms with Crippen molar-refractivity contribution < 1.29 is 0 Å². The minimum atomic E-state index is 0.514. The van der Waals surface area contributed by atoms with Gasteiger partial charge in [-0.1, -0.05) is 12.1 Å². The molecule has 0 aromatic heterocycles. The predicted molar refractivity (Wildman–Crippen MR) is 85.1 cm³/mol. The second kappa shape index (κ2) is 4.51. The van der Waals surface area contributed by atoms with E-state index in [1.165, 1.54) is 44.2 Å². The van der Waals surface area contributed by atoms with E-state index in [4.69, 9.17) is 0 Å². The van der Waals surface area contributed by atoms with Crippen LogP contribution in [-0.2, 0) is 5.41 Å². The van der Waals surface area contributed by atoms with E-state index in [1.807, 2.05) is 0 Å². The van der Waals surface area contributed by atoms with Crippen molar-refractivity contribution in [2.75, 3.05) is 5.32 Å². The molecule has 0 saturated heterocycles. The first-order chi connectivity index (χ1) is 9.63. The van der Waals surface area contributed by atoms with Gasteiger partial charge in [-0.3, -0.25) is 0 Å². The molecule has 1 nitrogen and oxygen atoms in total. The van der Waals surface area contributed by atoms with E-state index in [0.717, 1.165) is 17.8 Å². The van der Waals surface area contributed by atoms with Crippen LogP contribution in [0.1, 0.15) is 57.9 Å². The minimum absolute atomic E-state index is 0.514. The van der Waals surface area contributed by atoms with Gasteiger partial charge < -0.3 is 5.32 Å². The number of benzene rings is 1. The molecular weight excluding hydrogens is 242 g/mol. The lowest BCUT2D eigenvalue weighted by Gasteiger charge is -2.57. The Hall–Kier alpha value is -0.980. The first kappa shape index (κ1) is 12.7. The Bertz CT molecular complexity index is 450. The summed E-state index contributed by atoms with van der Waals surface area (Å²) in [6.07, 6.45) is 9.01. The van der Waals surface area contributed by atoms with Crippen molar-refractivity contribution in [1.82, 2.24) is 0 Å². The Morgan fingerprint density at radius 1 is 0.900 bits per heavy atom. The summed E-state index contributed by atoms with van der Waals surface area (Å²) in [5.74, 6) is 3.11. The number of nitrogens with one attached hydrogen (secondary N) is 1. The molecular formula is C19H27N.